The van der Waals surface area contributed by atoms with Gasteiger partial charge in [-0.25, -0.2) is 9.59 Å². The van der Waals surface area contributed by atoms with Crippen molar-refractivity contribution in [2.24, 2.45) is 5.73 Å². The van der Waals surface area contributed by atoms with Gasteiger partial charge in [0.25, 0.3) is 0 Å². The highest BCUT2D eigenvalue weighted by atomic mass is 16.7. The van der Waals surface area contributed by atoms with Gasteiger partial charge in [0.1, 0.15) is 12.6 Å². The fourth-order valence-corrected chi connectivity index (χ4v) is 2.53. The van der Waals surface area contributed by atoms with Crippen molar-refractivity contribution in [3.63, 3.8) is 0 Å². The molecule has 0 aromatic rings. The minimum atomic E-state index is -0.772. The Morgan fingerprint density at radius 3 is 2.77 bits per heavy atom. The Kier molecular flexibility index (Phi) is 4.99. The van der Waals surface area contributed by atoms with Crippen molar-refractivity contribution in [1.82, 2.24) is 9.96 Å². The molecule has 122 valence electrons. The average molecular weight is 313 g/mol. The van der Waals surface area contributed by atoms with Crippen LogP contribution in [0.4, 0.5) is 4.79 Å². The summed E-state index contributed by atoms with van der Waals surface area (Å²) < 4.78 is 9.59. The number of nitrogens with zero attached hydrogens (tertiary/aromatic N) is 2. The van der Waals surface area contributed by atoms with E-state index in [-0.39, 0.29) is 19.3 Å². The molecule has 0 aliphatic carbocycles. The van der Waals surface area contributed by atoms with E-state index in [0.29, 0.717) is 12.1 Å². The molecule has 2 rings (SSSR count). The molecule has 3 amide bonds. The second kappa shape index (κ2) is 6.75. The number of hydrogen-bond acceptors (Lipinski definition) is 6. The van der Waals surface area contributed by atoms with Gasteiger partial charge in [-0.1, -0.05) is 6.08 Å². The summed E-state index contributed by atoms with van der Waals surface area (Å²) in [4.78, 5) is 41.7. The van der Waals surface area contributed by atoms with E-state index in [9.17, 15) is 14.4 Å². The van der Waals surface area contributed by atoms with E-state index in [1.54, 1.807) is 13.0 Å². The van der Waals surface area contributed by atoms with Crippen LogP contribution in [-0.2, 0) is 23.9 Å². The second-order valence-electron chi connectivity index (χ2n) is 5.03. The summed E-state index contributed by atoms with van der Waals surface area (Å²) in [5, 5.41) is 1.07. The van der Waals surface area contributed by atoms with Crippen LogP contribution in [0.3, 0.4) is 0 Å². The number of hydrogen-bond donors (Lipinski definition) is 1. The van der Waals surface area contributed by atoms with Crippen LogP contribution in [0.5, 0.6) is 0 Å². The highest BCUT2D eigenvalue weighted by molar-refractivity contribution is 5.90. The normalized spacial score (nSPS) is 23.5. The SMILES string of the molecule is COCCOC(=O)CON1C(=O)N2C[C@H]1C=C(C)[C@H]2C(N)=O. The van der Waals surface area contributed by atoms with Gasteiger partial charge in [-0.2, -0.15) is 5.06 Å². The Balaban J connectivity index is 1.93. The van der Waals surface area contributed by atoms with Crippen molar-refractivity contribution in [2.75, 3.05) is 33.5 Å². The van der Waals surface area contributed by atoms with Gasteiger partial charge < -0.3 is 20.1 Å². The van der Waals surface area contributed by atoms with E-state index in [1.807, 2.05) is 0 Å². The first-order valence-corrected chi connectivity index (χ1v) is 6.80. The monoisotopic (exact) mass is 313 g/mol. The molecule has 0 aromatic heterocycles. The molecule has 9 nitrogen and oxygen atoms in total. The highest BCUT2D eigenvalue weighted by Crippen LogP contribution is 2.29. The molecule has 9 heteroatoms. The van der Waals surface area contributed by atoms with E-state index in [4.69, 9.17) is 20.0 Å². The van der Waals surface area contributed by atoms with Gasteiger partial charge in [-0.05, 0) is 12.5 Å². The molecule has 1 fully saturated rings. The first-order valence-electron chi connectivity index (χ1n) is 6.80. The fourth-order valence-electron chi connectivity index (χ4n) is 2.53. The van der Waals surface area contributed by atoms with Crippen LogP contribution in [-0.4, -0.2) is 73.4 Å². The van der Waals surface area contributed by atoms with Gasteiger partial charge in [0.15, 0.2) is 6.61 Å². The third kappa shape index (κ3) is 3.20. The number of esters is 1. The Morgan fingerprint density at radius 2 is 2.14 bits per heavy atom. The predicted octanol–water partition coefficient (Wildman–Crippen LogP) is -0.972. The lowest BCUT2D eigenvalue weighted by molar-refractivity contribution is -0.170. The first-order chi connectivity index (χ1) is 10.5. The van der Waals surface area contributed by atoms with Crippen LogP contribution >= 0.6 is 0 Å². The molecule has 2 N–H and O–H groups in total. The lowest BCUT2D eigenvalue weighted by Crippen LogP contribution is -2.48. The number of amides is 3. The van der Waals surface area contributed by atoms with Crippen LogP contribution in [0, 0.1) is 0 Å². The molecule has 2 bridgehead atoms. The molecule has 1 saturated heterocycles. The molecular formula is C13H19N3O6. The lowest BCUT2D eigenvalue weighted by Gasteiger charge is -2.27. The average Bonchev–Trinajstić information content (AvgIpc) is 2.69. The molecule has 0 spiro atoms. The van der Waals surface area contributed by atoms with Crippen molar-refractivity contribution >= 4 is 17.9 Å². The van der Waals surface area contributed by atoms with Crippen LogP contribution in [0.25, 0.3) is 0 Å². The minimum Gasteiger partial charge on any atom is -0.461 e. The summed E-state index contributed by atoms with van der Waals surface area (Å²) in [7, 11) is 1.49. The van der Waals surface area contributed by atoms with Crippen molar-refractivity contribution < 1.29 is 28.7 Å². The van der Waals surface area contributed by atoms with Crippen molar-refractivity contribution in [2.45, 2.75) is 19.0 Å². The first kappa shape index (κ1) is 16.2. The standard InChI is InChI=1S/C13H19N3O6/c1-8-5-9-6-15(11(8)12(14)18)13(19)16(9)22-7-10(17)21-4-3-20-2/h5,9,11H,3-4,6-7H2,1-2H3,(H2,14,18)/t9-,11+/m1/s1. The molecule has 0 radical (unpaired) electrons. The summed E-state index contributed by atoms with van der Waals surface area (Å²) in [6, 6.07) is -1.62. The number of urea groups is 1. The number of primary amides is 1. The maximum Gasteiger partial charge on any atom is 0.345 e. The van der Waals surface area contributed by atoms with E-state index in [2.05, 4.69) is 0 Å². The smallest absolute Gasteiger partial charge is 0.345 e. The summed E-state index contributed by atoms with van der Waals surface area (Å²) in [5.41, 5.74) is 6.01. The molecule has 0 unspecified atom stereocenters. The fraction of sp³-hybridized carbons (Fsp3) is 0.615. The number of hydroxylamine groups is 2. The van der Waals surface area contributed by atoms with Gasteiger partial charge in [0.05, 0.1) is 19.2 Å². The largest absolute Gasteiger partial charge is 0.461 e. The molecule has 2 heterocycles. The van der Waals surface area contributed by atoms with E-state index in [1.165, 1.54) is 12.0 Å². The van der Waals surface area contributed by atoms with E-state index in [0.717, 1.165) is 5.06 Å². The zero-order chi connectivity index (χ0) is 16.3. The zero-order valence-electron chi connectivity index (χ0n) is 12.5. The number of methoxy groups -OCH3 is 1. The van der Waals surface area contributed by atoms with Crippen LogP contribution < -0.4 is 5.73 Å². The van der Waals surface area contributed by atoms with E-state index < -0.39 is 30.6 Å². The maximum absolute atomic E-state index is 12.2. The summed E-state index contributed by atoms with van der Waals surface area (Å²) in [5.74, 6) is -1.20. The minimum absolute atomic E-state index is 0.116. The van der Waals surface area contributed by atoms with Crippen LogP contribution in [0.2, 0.25) is 0 Å². The number of nitrogens with two attached hydrogens (primary N) is 1. The maximum atomic E-state index is 12.2. The molecular weight excluding hydrogens is 294 g/mol. The highest BCUT2D eigenvalue weighted by Gasteiger charge is 2.47. The lowest BCUT2D eigenvalue weighted by atomic mass is 10.0. The van der Waals surface area contributed by atoms with Gasteiger partial charge in [0.2, 0.25) is 5.91 Å². The van der Waals surface area contributed by atoms with Gasteiger partial charge in [-0.3, -0.25) is 9.63 Å². The molecule has 2 atom stereocenters. The Labute approximate surface area is 127 Å². The Bertz CT molecular complexity index is 506. The predicted molar refractivity (Wildman–Crippen MR) is 73.3 cm³/mol. The Hall–Kier alpha value is -2.13. The van der Waals surface area contributed by atoms with Crippen molar-refractivity contribution in [1.29, 1.82) is 0 Å². The van der Waals surface area contributed by atoms with E-state index >= 15 is 0 Å². The molecule has 22 heavy (non-hydrogen) atoms. The quantitative estimate of drug-likeness (QED) is 0.368. The third-order valence-electron chi connectivity index (χ3n) is 3.46. The summed E-state index contributed by atoms with van der Waals surface area (Å²) >= 11 is 0. The van der Waals surface area contributed by atoms with Gasteiger partial charge in [-0.15, -0.1) is 0 Å². The van der Waals surface area contributed by atoms with Gasteiger partial charge >= 0.3 is 12.0 Å². The third-order valence-corrected chi connectivity index (χ3v) is 3.46. The van der Waals surface area contributed by atoms with Crippen LogP contribution in [0.15, 0.2) is 11.6 Å². The summed E-state index contributed by atoms with van der Waals surface area (Å²) in [6.45, 7) is 2.03. The molecule has 2 aliphatic rings. The molecule has 0 saturated carbocycles. The number of rotatable bonds is 7. The number of carbonyl (C=O) groups is 3. The topological polar surface area (TPSA) is 111 Å². The molecule has 2 aliphatic heterocycles. The second-order valence-corrected chi connectivity index (χ2v) is 5.03. The number of carbonyl (C=O) groups excluding carboxylic acids is 3. The van der Waals surface area contributed by atoms with Crippen molar-refractivity contribution in [3.05, 3.63) is 11.6 Å². The van der Waals surface area contributed by atoms with Gasteiger partial charge in [0, 0.05) is 7.11 Å². The number of fused-ring (bicyclic) bond motifs is 2. The van der Waals surface area contributed by atoms with Crippen LogP contribution in [0.1, 0.15) is 6.92 Å². The van der Waals surface area contributed by atoms with Crippen molar-refractivity contribution in [3.8, 4) is 0 Å². The zero-order valence-corrected chi connectivity index (χ0v) is 12.5. The molecule has 0 aromatic carbocycles. The summed E-state index contributed by atoms with van der Waals surface area (Å²) in [6.07, 6.45) is 1.74. The number of ether oxygens (including phenoxy) is 2. The Morgan fingerprint density at radius 1 is 1.41 bits per heavy atom.